The summed E-state index contributed by atoms with van der Waals surface area (Å²) in [7, 11) is 0. The van der Waals surface area contributed by atoms with Crippen molar-refractivity contribution in [1.29, 1.82) is 0 Å². The Labute approximate surface area is 173 Å². The molecule has 2 aromatic carbocycles. The molecule has 1 unspecified atom stereocenters. The Morgan fingerprint density at radius 1 is 1.03 bits per heavy atom. The molecule has 5 nitrogen and oxygen atoms in total. The van der Waals surface area contributed by atoms with Crippen LogP contribution in [-0.4, -0.2) is 29.9 Å². The second-order valence-electron chi connectivity index (χ2n) is 8.37. The summed E-state index contributed by atoms with van der Waals surface area (Å²) < 4.78 is 0. The molecule has 1 fully saturated rings. The van der Waals surface area contributed by atoms with E-state index >= 15 is 0 Å². The molecule has 1 aliphatic rings. The van der Waals surface area contributed by atoms with Crippen molar-refractivity contribution in [2.24, 2.45) is 5.41 Å². The number of urea groups is 1. The van der Waals surface area contributed by atoms with Crippen molar-refractivity contribution in [2.75, 3.05) is 18.4 Å². The van der Waals surface area contributed by atoms with Crippen LogP contribution in [-0.2, 0) is 11.3 Å². The molecule has 154 valence electrons. The summed E-state index contributed by atoms with van der Waals surface area (Å²) in [6, 6.07) is 13.8. The highest BCUT2D eigenvalue weighted by molar-refractivity contribution is 5.91. The first-order valence-corrected chi connectivity index (χ1v) is 10.2. The van der Waals surface area contributed by atoms with Crippen molar-refractivity contribution >= 4 is 17.6 Å². The predicted octanol–water partition coefficient (Wildman–Crippen LogP) is 4.56. The van der Waals surface area contributed by atoms with E-state index in [0.717, 1.165) is 40.8 Å². The maximum Gasteiger partial charge on any atom is 0.321 e. The number of nitrogens with zero attached hydrogens (tertiary/aromatic N) is 1. The molecule has 1 saturated heterocycles. The second-order valence-corrected chi connectivity index (χ2v) is 8.37. The van der Waals surface area contributed by atoms with Gasteiger partial charge in [0.1, 0.15) is 0 Å². The third-order valence-corrected chi connectivity index (χ3v) is 6.08. The fourth-order valence-electron chi connectivity index (χ4n) is 3.88. The number of benzene rings is 2. The molecular formula is C24H31N3O2. The summed E-state index contributed by atoms with van der Waals surface area (Å²) in [4.78, 5) is 27.6. The van der Waals surface area contributed by atoms with Gasteiger partial charge < -0.3 is 15.5 Å². The van der Waals surface area contributed by atoms with E-state index in [4.69, 9.17) is 0 Å². The maximum absolute atomic E-state index is 13.0. The molecule has 0 aliphatic carbocycles. The number of nitrogens with one attached hydrogen (secondary N) is 2. The minimum Gasteiger partial charge on any atom is -0.351 e. The number of carbonyl (C=O) groups excluding carboxylic acids is 2. The number of likely N-dealkylation sites (tertiary alicyclic amines) is 1. The van der Waals surface area contributed by atoms with E-state index in [2.05, 4.69) is 10.6 Å². The van der Waals surface area contributed by atoms with Crippen LogP contribution in [0.5, 0.6) is 0 Å². The quantitative estimate of drug-likeness (QED) is 0.800. The monoisotopic (exact) mass is 393 g/mol. The van der Waals surface area contributed by atoms with Gasteiger partial charge in [-0.05, 0) is 68.9 Å². The Morgan fingerprint density at radius 3 is 2.52 bits per heavy atom. The number of carbonyl (C=O) groups is 2. The normalized spacial score (nSPS) is 19.0. The van der Waals surface area contributed by atoms with E-state index in [9.17, 15) is 9.59 Å². The van der Waals surface area contributed by atoms with Crippen molar-refractivity contribution in [3.05, 3.63) is 64.7 Å². The molecule has 0 aromatic heterocycles. The predicted molar refractivity (Wildman–Crippen MR) is 117 cm³/mol. The minimum atomic E-state index is -0.583. The maximum atomic E-state index is 13.0. The van der Waals surface area contributed by atoms with Crippen molar-refractivity contribution in [3.63, 3.8) is 0 Å². The van der Waals surface area contributed by atoms with Gasteiger partial charge in [0.2, 0.25) is 5.91 Å². The molecule has 1 heterocycles. The van der Waals surface area contributed by atoms with E-state index in [1.54, 1.807) is 4.90 Å². The van der Waals surface area contributed by atoms with Crippen LogP contribution < -0.4 is 10.6 Å². The highest BCUT2D eigenvalue weighted by atomic mass is 16.2. The van der Waals surface area contributed by atoms with E-state index in [1.165, 1.54) is 0 Å². The van der Waals surface area contributed by atoms with Gasteiger partial charge in [0, 0.05) is 25.3 Å². The third kappa shape index (κ3) is 4.78. The molecule has 1 atom stereocenters. The van der Waals surface area contributed by atoms with Gasteiger partial charge in [-0.3, -0.25) is 4.79 Å². The number of hydrogen-bond acceptors (Lipinski definition) is 2. The molecule has 0 spiro atoms. The lowest BCUT2D eigenvalue weighted by Gasteiger charge is -2.39. The van der Waals surface area contributed by atoms with Crippen molar-refractivity contribution in [1.82, 2.24) is 10.2 Å². The molecule has 29 heavy (non-hydrogen) atoms. The molecule has 5 heteroatoms. The van der Waals surface area contributed by atoms with E-state index < -0.39 is 5.41 Å². The Morgan fingerprint density at radius 2 is 1.76 bits per heavy atom. The Bertz CT molecular complexity index is 909. The van der Waals surface area contributed by atoms with Crippen LogP contribution in [0.15, 0.2) is 42.5 Å². The smallest absolute Gasteiger partial charge is 0.321 e. The zero-order chi connectivity index (χ0) is 21.0. The van der Waals surface area contributed by atoms with Crippen LogP contribution in [0, 0.1) is 26.2 Å². The van der Waals surface area contributed by atoms with E-state index in [0.29, 0.717) is 19.6 Å². The Balaban J connectivity index is 1.63. The first kappa shape index (κ1) is 20.9. The van der Waals surface area contributed by atoms with Gasteiger partial charge in [0.15, 0.2) is 0 Å². The molecule has 3 amide bonds. The van der Waals surface area contributed by atoms with Crippen molar-refractivity contribution in [2.45, 2.75) is 47.1 Å². The fraction of sp³-hybridized carbons (Fsp3) is 0.417. The standard InChI is InChI=1S/C24H31N3O2/c1-17-10-7-12-21(19(17)3)26-23(29)27-14-8-13-24(4,16-27)22(28)25-15-20-11-6-5-9-18(20)2/h5-7,9-12H,8,13-16H2,1-4H3,(H,25,28)(H,26,29). The molecule has 1 aliphatic heterocycles. The average molecular weight is 394 g/mol. The number of hydrogen-bond donors (Lipinski definition) is 2. The van der Waals surface area contributed by atoms with E-state index in [1.807, 2.05) is 70.2 Å². The fourth-order valence-corrected chi connectivity index (χ4v) is 3.88. The lowest BCUT2D eigenvalue weighted by Crippen LogP contribution is -2.52. The number of piperidine rings is 1. The van der Waals surface area contributed by atoms with Gasteiger partial charge in [0.25, 0.3) is 0 Å². The summed E-state index contributed by atoms with van der Waals surface area (Å²) in [5, 5.41) is 6.10. The first-order chi connectivity index (χ1) is 13.8. The molecule has 0 saturated carbocycles. The first-order valence-electron chi connectivity index (χ1n) is 10.2. The number of aryl methyl sites for hydroxylation is 2. The van der Waals surface area contributed by atoms with Gasteiger partial charge >= 0.3 is 6.03 Å². The van der Waals surface area contributed by atoms with Gasteiger partial charge in [-0.15, -0.1) is 0 Å². The molecule has 3 rings (SSSR count). The van der Waals surface area contributed by atoms with Crippen LogP contribution in [0.2, 0.25) is 0 Å². The third-order valence-electron chi connectivity index (χ3n) is 6.08. The summed E-state index contributed by atoms with van der Waals surface area (Å²) >= 11 is 0. The van der Waals surface area contributed by atoms with Crippen LogP contribution in [0.4, 0.5) is 10.5 Å². The number of rotatable bonds is 4. The van der Waals surface area contributed by atoms with Gasteiger partial charge in [-0.2, -0.15) is 0 Å². The summed E-state index contributed by atoms with van der Waals surface area (Å²) in [6.07, 6.45) is 1.59. The second kappa shape index (κ2) is 8.68. The van der Waals surface area contributed by atoms with Gasteiger partial charge in [-0.25, -0.2) is 4.79 Å². The zero-order valence-corrected chi connectivity index (χ0v) is 17.8. The molecule has 2 aromatic rings. The molecular weight excluding hydrogens is 362 g/mol. The molecule has 0 radical (unpaired) electrons. The van der Waals surface area contributed by atoms with Gasteiger partial charge in [-0.1, -0.05) is 36.4 Å². The minimum absolute atomic E-state index is 0.00462. The molecule has 2 N–H and O–H groups in total. The largest absolute Gasteiger partial charge is 0.351 e. The Kier molecular flexibility index (Phi) is 6.26. The van der Waals surface area contributed by atoms with Gasteiger partial charge in [0.05, 0.1) is 5.41 Å². The summed E-state index contributed by atoms with van der Waals surface area (Å²) in [5.74, 6) is 0.00462. The zero-order valence-electron chi connectivity index (χ0n) is 17.8. The van der Waals surface area contributed by atoms with Crippen molar-refractivity contribution in [3.8, 4) is 0 Å². The molecule has 0 bridgehead atoms. The average Bonchev–Trinajstić information content (AvgIpc) is 2.70. The summed E-state index contributed by atoms with van der Waals surface area (Å²) in [5.41, 5.74) is 4.73. The van der Waals surface area contributed by atoms with Crippen LogP contribution in [0.3, 0.4) is 0 Å². The van der Waals surface area contributed by atoms with Crippen LogP contribution in [0.1, 0.15) is 42.0 Å². The van der Waals surface area contributed by atoms with Crippen LogP contribution >= 0.6 is 0 Å². The van der Waals surface area contributed by atoms with Crippen molar-refractivity contribution < 1.29 is 9.59 Å². The topological polar surface area (TPSA) is 61.4 Å². The SMILES string of the molecule is Cc1ccccc1CNC(=O)C1(C)CCCN(C(=O)Nc2cccc(C)c2C)C1. The lowest BCUT2D eigenvalue weighted by atomic mass is 9.81. The van der Waals surface area contributed by atoms with E-state index in [-0.39, 0.29) is 11.9 Å². The number of amides is 3. The highest BCUT2D eigenvalue weighted by Crippen LogP contribution is 2.30. The highest BCUT2D eigenvalue weighted by Gasteiger charge is 2.39. The summed E-state index contributed by atoms with van der Waals surface area (Å²) in [6.45, 7) is 9.63. The number of anilines is 1. The Hall–Kier alpha value is -2.82. The van der Waals surface area contributed by atoms with Crippen LogP contribution in [0.25, 0.3) is 0 Å². The lowest BCUT2D eigenvalue weighted by molar-refractivity contribution is -0.132.